The molecule has 0 radical (unpaired) electrons. The van der Waals surface area contributed by atoms with E-state index in [0.717, 1.165) is 24.8 Å². The van der Waals surface area contributed by atoms with Crippen LogP contribution >= 0.6 is 0 Å². The van der Waals surface area contributed by atoms with Crippen LogP contribution in [0.5, 0.6) is 0 Å². The van der Waals surface area contributed by atoms with Gasteiger partial charge in [0.2, 0.25) is 0 Å². The van der Waals surface area contributed by atoms with Gasteiger partial charge in [0.15, 0.2) is 0 Å². The van der Waals surface area contributed by atoms with Gasteiger partial charge >= 0.3 is 5.97 Å². The predicted octanol–water partition coefficient (Wildman–Crippen LogP) is 6.98. The molecule has 1 unspecified atom stereocenters. The van der Waals surface area contributed by atoms with E-state index >= 15 is 0 Å². The van der Waals surface area contributed by atoms with Crippen molar-refractivity contribution in [2.45, 2.75) is 71.3 Å². The topological polar surface area (TPSA) is 26.3 Å². The van der Waals surface area contributed by atoms with E-state index in [4.69, 9.17) is 4.74 Å². The second-order valence-corrected chi connectivity index (χ2v) is 7.27. The first-order valence-corrected chi connectivity index (χ1v) is 10.2. The van der Waals surface area contributed by atoms with E-state index in [1.165, 1.54) is 47.6 Å². The molecule has 3 rings (SSSR count). The van der Waals surface area contributed by atoms with Crippen molar-refractivity contribution in [3.8, 4) is 0 Å². The summed E-state index contributed by atoms with van der Waals surface area (Å²) >= 11 is 0. The summed E-state index contributed by atoms with van der Waals surface area (Å²) < 4.78 is 5.88. The molecule has 0 N–H and O–H groups in total. The zero-order valence-electron chi connectivity index (χ0n) is 16.1. The Morgan fingerprint density at radius 2 is 1.73 bits per heavy atom. The molecule has 0 fully saturated rings. The summed E-state index contributed by atoms with van der Waals surface area (Å²) in [4.78, 5) is 12.3. The Morgan fingerprint density at radius 3 is 2.50 bits per heavy atom. The third kappa shape index (κ3) is 4.17. The molecule has 0 aliphatic heterocycles. The molecule has 1 atom stereocenters. The van der Waals surface area contributed by atoms with Gasteiger partial charge < -0.3 is 4.74 Å². The number of carbonyl (C=O) groups excluding carboxylic acids is 1. The second kappa shape index (κ2) is 9.02. The van der Waals surface area contributed by atoms with Crippen molar-refractivity contribution in [2.24, 2.45) is 0 Å². The molecule has 0 saturated carbocycles. The Labute approximate surface area is 157 Å². The lowest BCUT2D eigenvalue weighted by Gasteiger charge is -2.25. The van der Waals surface area contributed by atoms with Crippen LogP contribution in [0.3, 0.4) is 0 Å². The number of benzene rings is 2. The van der Waals surface area contributed by atoms with Gasteiger partial charge in [-0.25, -0.2) is 0 Å². The van der Waals surface area contributed by atoms with Gasteiger partial charge in [-0.15, -0.1) is 0 Å². The molecule has 0 saturated heterocycles. The molecule has 0 amide bonds. The summed E-state index contributed by atoms with van der Waals surface area (Å²) in [5.41, 5.74) is 3.77. The van der Waals surface area contributed by atoms with Gasteiger partial charge in [-0.1, -0.05) is 75.9 Å². The van der Waals surface area contributed by atoms with Crippen LogP contribution in [0.25, 0.3) is 16.3 Å². The van der Waals surface area contributed by atoms with Crippen molar-refractivity contribution in [1.82, 2.24) is 0 Å². The van der Waals surface area contributed by atoms with E-state index < -0.39 is 0 Å². The van der Waals surface area contributed by atoms with Crippen molar-refractivity contribution in [3.63, 3.8) is 0 Å². The Balaban J connectivity index is 1.90. The van der Waals surface area contributed by atoms with Crippen LogP contribution in [0.2, 0.25) is 0 Å². The fourth-order valence-electron chi connectivity index (χ4n) is 3.82. The molecule has 0 bridgehead atoms. The lowest BCUT2D eigenvalue weighted by atomic mass is 9.84. The zero-order chi connectivity index (χ0) is 18.4. The molecule has 2 nitrogen and oxygen atoms in total. The van der Waals surface area contributed by atoms with Crippen LogP contribution in [-0.4, -0.2) is 5.97 Å². The summed E-state index contributed by atoms with van der Waals surface area (Å²) in [6, 6.07) is 12.8. The fourth-order valence-corrected chi connectivity index (χ4v) is 3.82. The highest BCUT2D eigenvalue weighted by Gasteiger charge is 2.24. The minimum Gasteiger partial charge on any atom is -0.453 e. The first-order valence-electron chi connectivity index (χ1n) is 10.2. The van der Waals surface area contributed by atoms with E-state index in [9.17, 15) is 4.79 Å². The van der Waals surface area contributed by atoms with Crippen LogP contribution < -0.4 is 0 Å². The molecule has 1 aliphatic carbocycles. The first-order chi connectivity index (χ1) is 12.7. The van der Waals surface area contributed by atoms with E-state index in [2.05, 4.69) is 56.3 Å². The maximum atomic E-state index is 12.3. The fraction of sp³-hybridized carbons (Fsp3) is 0.458. The molecule has 2 heteroatoms. The first kappa shape index (κ1) is 18.7. The highest BCUT2D eigenvalue weighted by Crippen LogP contribution is 2.41. The number of rotatable bonds is 9. The number of hydrogen-bond donors (Lipinski definition) is 0. The molecular weight excluding hydrogens is 320 g/mol. The van der Waals surface area contributed by atoms with Crippen molar-refractivity contribution in [3.05, 3.63) is 53.6 Å². The maximum absolute atomic E-state index is 12.3. The molecule has 138 valence electrons. The number of esters is 1. The van der Waals surface area contributed by atoms with Crippen LogP contribution in [0.1, 0.15) is 82.4 Å². The van der Waals surface area contributed by atoms with Gasteiger partial charge in [-0.2, -0.15) is 0 Å². The number of hydrogen-bond acceptors (Lipinski definition) is 2. The average Bonchev–Trinajstić information content (AvgIpc) is 2.66. The highest BCUT2D eigenvalue weighted by molar-refractivity contribution is 5.98. The molecule has 2 aromatic rings. The van der Waals surface area contributed by atoms with Crippen LogP contribution in [-0.2, 0) is 9.53 Å². The van der Waals surface area contributed by atoms with Crippen molar-refractivity contribution in [2.75, 3.05) is 0 Å². The number of allylic oxidation sites excluding steroid dienone is 1. The zero-order valence-corrected chi connectivity index (χ0v) is 16.1. The molecule has 0 heterocycles. The summed E-state index contributed by atoms with van der Waals surface area (Å²) in [6.07, 6.45) is 10.4. The number of carbonyl (C=O) groups is 1. The van der Waals surface area contributed by atoms with E-state index in [-0.39, 0.29) is 12.1 Å². The summed E-state index contributed by atoms with van der Waals surface area (Å²) in [5, 5.41) is 2.49. The summed E-state index contributed by atoms with van der Waals surface area (Å²) in [7, 11) is 0. The molecule has 0 aromatic heterocycles. The highest BCUT2D eigenvalue weighted by atomic mass is 16.5. The van der Waals surface area contributed by atoms with E-state index in [1.807, 2.05) is 0 Å². The number of ether oxygens (including phenoxy) is 1. The third-order valence-electron chi connectivity index (χ3n) is 5.23. The molecule has 2 aromatic carbocycles. The van der Waals surface area contributed by atoms with E-state index in [0.29, 0.717) is 6.42 Å². The Morgan fingerprint density at radius 1 is 0.962 bits per heavy atom. The Kier molecular flexibility index (Phi) is 6.49. The summed E-state index contributed by atoms with van der Waals surface area (Å²) in [5.74, 6) is -0.0881. The Bertz CT molecular complexity index is 783. The quantitative estimate of drug-likeness (QED) is 0.360. The monoisotopic (exact) mass is 350 g/mol. The smallest absolute Gasteiger partial charge is 0.306 e. The SMILES string of the molecule is CCCCCCC1=CC(OC(=O)CCCC)c2cccc3cccc1c23. The third-order valence-corrected chi connectivity index (χ3v) is 5.23. The molecule has 1 aliphatic rings. The lowest BCUT2D eigenvalue weighted by Crippen LogP contribution is -2.13. The summed E-state index contributed by atoms with van der Waals surface area (Å²) in [6.45, 7) is 4.34. The van der Waals surface area contributed by atoms with Gasteiger partial charge in [0.1, 0.15) is 6.10 Å². The average molecular weight is 351 g/mol. The van der Waals surface area contributed by atoms with Crippen LogP contribution in [0.4, 0.5) is 0 Å². The predicted molar refractivity (Wildman–Crippen MR) is 109 cm³/mol. The minimum atomic E-state index is -0.251. The largest absolute Gasteiger partial charge is 0.453 e. The standard InChI is InChI=1S/C24H30O2/c1-3-5-7-8-11-19-17-22(26-23(25)16-6-4-2)21-15-10-13-18-12-9-14-20(19)24(18)21/h9-10,12-15,17,22H,3-8,11,16H2,1-2H3. The van der Waals surface area contributed by atoms with Gasteiger partial charge in [0, 0.05) is 12.0 Å². The van der Waals surface area contributed by atoms with Crippen molar-refractivity contribution >= 4 is 22.3 Å². The maximum Gasteiger partial charge on any atom is 0.306 e. The minimum absolute atomic E-state index is 0.0881. The van der Waals surface area contributed by atoms with E-state index in [1.54, 1.807) is 0 Å². The molecule has 26 heavy (non-hydrogen) atoms. The van der Waals surface area contributed by atoms with Gasteiger partial charge in [0.05, 0.1) is 0 Å². The van der Waals surface area contributed by atoms with Gasteiger partial charge in [-0.05, 0) is 47.2 Å². The Hall–Kier alpha value is -2.09. The molecular formula is C24H30O2. The van der Waals surface area contributed by atoms with Crippen LogP contribution in [0, 0.1) is 0 Å². The van der Waals surface area contributed by atoms with Crippen molar-refractivity contribution in [1.29, 1.82) is 0 Å². The van der Waals surface area contributed by atoms with Crippen LogP contribution in [0.15, 0.2) is 42.5 Å². The van der Waals surface area contributed by atoms with Crippen molar-refractivity contribution < 1.29 is 9.53 Å². The number of unbranched alkanes of at least 4 members (excludes halogenated alkanes) is 4. The second-order valence-electron chi connectivity index (χ2n) is 7.27. The normalized spacial score (nSPS) is 15.8. The van der Waals surface area contributed by atoms with Gasteiger partial charge in [0.25, 0.3) is 0 Å². The molecule has 0 spiro atoms. The van der Waals surface area contributed by atoms with Gasteiger partial charge in [-0.3, -0.25) is 4.79 Å². The lowest BCUT2D eigenvalue weighted by molar-refractivity contribution is -0.147.